The van der Waals surface area contributed by atoms with Gasteiger partial charge in [0.05, 0.1) is 22.3 Å². The highest BCUT2D eigenvalue weighted by Crippen LogP contribution is 2.36. The van der Waals surface area contributed by atoms with Crippen molar-refractivity contribution in [2.75, 3.05) is 10.6 Å². The van der Waals surface area contributed by atoms with Crippen molar-refractivity contribution >= 4 is 45.8 Å². The van der Waals surface area contributed by atoms with Gasteiger partial charge in [0.15, 0.2) is 0 Å². The Bertz CT molecular complexity index is 1370. The molecule has 0 aliphatic heterocycles. The van der Waals surface area contributed by atoms with E-state index in [1.807, 2.05) is 0 Å². The lowest BCUT2D eigenvalue weighted by atomic mass is 10.0. The molecule has 0 spiro atoms. The number of carbonyl (C=O) groups is 2. The monoisotopic (exact) mass is 473 g/mol. The molecular weight excluding hydrogens is 459 g/mol. The molecule has 0 unspecified atom stereocenters. The van der Waals surface area contributed by atoms with E-state index in [1.54, 1.807) is 42.7 Å². The van der Waals surface area contributed by atoms with Gasteiger partial charge in [0.25, 0.3) is 5.91 Å². The molecule has 168 valence electrons. The summed E-state index contributed by atoms with van der Waals surface area (Å²) in [5, 5.41) is 5.16. The van der Waals surface area contributed by atoms with Crippen LogP contribution >= 0.6 is 11.6 Å². The largest absolute Gasteiger partial charge is 0.417 e. The van der Waals surface area contributed by atoms with Crippen molar-refractivity contribution in [1.82, 2.24) is 9.97 Å². The topological polar surface area (TPSA) is 113 Å². The van der Waals surface area contributed by atoms with Gasteiger partial charge in [-0.05, 0) is 42.0 Å². The number of benzene rings is 2. The minimum Gasteiger partial charge on any atom is -0.364 e. The fourth-order valence-electron chi connectivity index (χ4n) is 3.36. The van der Waals surface area contributed by atoms with Gasteiger partial charge in [0, 0.05) is 28.5 Å². The number of primary amides is 1. The summed E-state index contributed by atoms with van der Waals surface area (Å²) in [5.41, 5.74) is 6.88. The molecule has 7 nitrogen and oxygen atoms in total. The van der Waals surface area contributed by atoms with Crippen LogP contribution in [-0.2, 0) is 6.18 Å². The first-order valence-corrected chi connectivity index (χ1v) is 9.82. The molecular formula is C22H15ClF3N5O2. The molecule has 4 aromatic rings. The molecule has 0 fully saturated rings. The number of alkyl halides is 3. The number of amides is 3. The minimum absolute atomic E-state index is 0.0700. The van der Waals surface area contributed by atoms with Crippen LogP contribution in [0.15, 0.2) is 60.9 Å². The van der Waals surface area contributed by atoms with Gasteiger partial charge < -0.3 is 21.4 Å². The van der Waals surface area contributed by atoms with Crippen molar-refractivity contribution in [3.05, 3.63) is 77.2 Å². The van der Waals surface area contributed by atoms with Gasteiger partial charge in [-0.2, -0.15) is 13.2 Å². The van der Waals surface area contributed by atoms with Crippen molar-refractivity contribution in [3.63, 3.8) is 0 Å². The normalized spacial score (nSPS) is 11.4. The number of rotatable bonds is 4. The number of nitrogens with one attached hydrogen (secondary N) is 3. The summed E-state index contributed by atoms with van der Waals surface area (Å²) >= 11 is 5.59. The van der Waals surface area contributed by atoms with Crippen LogP contribution < -0.4 is 16.4 Å². The standard InChI is InChI=1S/C22H15ClF3N5O2/c23-16-6-5-13(9-15(16)22(24,25)26)30-21(33)29-12-3-1-11(2-4-12)18-14-7-8-28-10-17(14)31-19(18)20(27)32/h1-10,31H,(H2,27,32)(H2,29,30,33). The quantitative estimate of drug-likeness (QED) is 0.307. The van der Waals surface area contributed by atoms with E-state index in [9.17, 15) is 22.8 Å². The van der Waals surface area contributed by atoms with Crippen LogP contribution in [0, 0.1) is 0 Å². The molecule has 2 heterocycles. The number of aromatic amines is 1. The minimum atomic E-state index is -4.65. The maximum atomic E-state index is 13.0. The van der Waals surface area contributed by atoms with E-state index >= 15 is 0 Å². The molecule has 0 atom stereocenters. The Hall–Kier alpha value is -4.05. The molecule has 0 aliphatic carbocycles. The predicted molar refractivity (Wildman–Crippen MR) is 119 cm³/mol. The summed E-state index contributed by atoms with van der Waals surface area (Å²) in [7, 11) is 0. The third kappa shape index (κ3) is 4.60. The summed E-state index contributed by atoms with van der Waals surface area (Å²) in [6.07, 6.45) is -1.48. The number of anilines is 2. The number of nitrogens with zero attached hydrogens (tertiary/aromatic N) is 1. The molecule has 0 bridgehead atoms. The van der Waals surface area contributed by atoms with Crippen molar-refractivity contribution < 1.29 is 22.8 Å². The number of hydrogen-bond donors (Lipinski definition) is 4. The maximum Gasteiger partial charge on any atom is 0.417 e. The van der Waals surface area contributed by atoms with Crippen molar-refractivity contribution in [3.8, 4) is 11.1 Å². The Kier molecular flexibility index (Phi) is 5.69. The van der Waals surface area contributed by atoms with Gasteiger partial charge in [-0.1, -0.05) is 23.7 Å². The van der Waals surface area contributed by atoms with Gasteiger partial charge in [-0.25, -0.2) is 4.79 Å². The second kappa shape index (κ2) is 8.47. The number of carbonyl (C=O) groups excluding carboxylic acids is 2. The number of hydrogen-bond acceptors (Lipinski definition) is 3. The highest BCUT2D eigenvalue weighted by molar-refractivity contribution is 6.31. The van der Waals surface area contributed by atoms with Crippen LogP contribution in [0.2, 0.25) is 5.02 Å². The summed E-state index contributed by atoms with van der Waals surface area (Å²) in [6, 6.07) is 10.6. The van der Waals surface area contributed by atoms with Gasteiger partial charge in [0.2, 0.25) is 0 Å². The van der Waals surface area contributed by atoms with E-state index in [0.717, 1.165) is 17.5 Å². The average molecular weight is 474 g/mol. The highest BCUT2D eigenvalue weighted by atomic mass is 35.5. The Morgan fingerprint density at radius 3 is 2.33 bits per heavy atom. The Balaban J connectivity index is 1.54. The number of urea groups is 1. The third-order valence-corrected chi connectivity index (χ3v) is 5.14. The molecule has 0 aliphatic rings. The van der Waals surface area contributed by atoms with Crippen molar-refractivity contribution in [1.29, 1.82) is 0 Å². The highest BCUT2D eigenvalue weighted by Gasteiger charge is 2.33. The number of nitrogens with two attached hydrogens (primary N) is 1. The number of halogens is 4. The van der Waals surface area contributed by atoms with Crippen LogP contribution in [0.4, 0.5) is 29.3 Å². The summed E-state index contributed by atoms with van der Waals surface area (Å²) < 4.78 is 39.0. The van der Waals surface area contributed by atoms with Gasteiger partial charge in [-0.3, -0.25) is 9.78 Å². The van der Waals surface area contributed by atoms with Gasteiger partial charge in [0.1, 0.15) is 5.69 Å². The van der Waals surface area contributed by atoms with E-state index in [2.05, 4.69) is 20.6 Å². The molecule has 3 amide bonds. The number of pyridine rings is 1. The first-order chi connectivity index (χ1) is 15.6. The lowest BCUT2D eigenvalue weighted by molar-refractivity contribution is -0.137. The summed E-state index contributed by atoms with van der Waals surface area (Å²) in [4.78, 5) is 31.1. The van der Waals surface area contributed by atoms with E-state index in [-0.39, 0.29) is 11.4 Å². The first-order valence-electron chi connectivity index (χ1n) is 9.44. The predicted octanol–water partition coefficient (Wildman–Crippen LogP) is 5.65. The van der Waals surface area contributed by atoms with Crippen LogP contribution in [0.3, 0.4) is 0 Å². The third-order valence-electron chi connectivity index (χ3n) is 4.81. The van der Waals surface area contributed by atoms with Gasteiger partial charge in [-0.15, -0.1) is 0 Å². The second-order valence-corrected chi connectivity index (χ2v) is 7.42. The van der Waals surface area contributed by atoms with Crippen LogP contribution in [0.25, 0.3) is 22.0 Å². The molecule has 4 rings (SSSR count). The average Bonchev–Trinajstić information content (AvgIpc) is 3.15. The number of fused-ring (bicyclic) bond motifs is 1. The van der Waals surface area contributed by atoms with E-state index in [1.165, 1.54) is 6.07 Å². The molecule has 5 N–H and O–H groups in total. The van der Waals surface area contributed by atoms with E-state index in [4.69, 9.17) is 17.3 Å². The van der Waals surface area contributed by atoms with E-state index < -0.39 is 28.7 Å². The Morgan fingerprint density at radius 2 is 1.67 bits per heavy atom. The van der Waals surface area contributed by atoms with Crippen molar-refractivity contribution in [2.45, 2.75) is 6.18 Å². The lowest BCUT2D eigenvalue weighted by Gasteiger charge is -2.12. The van der Waals surface area contributed by atoms with Crippen LogP contribution in [0.1, 0.15) is 16.1 Å². The fourth-order valence-corrected chi connectivity index (χ4v) is 3.59. The molecule has 0 saturated heterocycles. The summed E-state index contributed by atoms with van der Waals surface area (Å²) in [5.74, 6) is -0.635. The van der Waals surface area contributed by atoms with Crippen molar-refractivity contribution in [2.24, 2.45) is 5.73 Å². The van der Waals surface area contributed by atoms with Crippen LogP contribution in [0.5, 0.6) is 0 Å². The summed E-state index contributed by atoms with van der Waals surface area (Å²) in [6.45, 7) is 0. The first kappa shape index (κ1) is 22.2. The Labute approximate surface area is 189 Å². The smallest absolute Gasteiger partial charge is 0.364 e. The fraction of sp³-hybridized carbons (Fsp3) is 0.0455. The lowest BCUT2D eigenvalue weighted by Crippen LogP contribution is -2.20. The molecule has 2 aromatic heterocycles. The van der Waals surface area contributed by atoms with Gasteiger partial charge >= 0.3 is 12.2 Å². The molecule has 0 radical (unpaired) electrons. The molecule has 0 saturated carbocycles. The zero-order valence-corrected chi connectivity index (χ0v) is 17.4. The Morgan fingerprint density at radius 1 is 1.00 bits per heavy atom. The molecule has 11 heteroatoms. The second-order valence-electron chi connectivity index (χ2n) is 7.01. The molecule has 33 heavy (non-hydrogen) atoms. The maximum absolute atomic E-state index is 13.0. The molecule has 2 aromatic carbocycles. The zero-order valence-electron chi connectivity index (χ0n) is 16.6. The SMILES string of the molecule is NC(=O)c1[nH]c2cnccc2c1-c1ccc(NC(=O)Nc2ccc(Cl)c(C(F)(F)F)c2)cc1. The van der Waals surface area contributed by atoms with Crippen LogP contribution in [-0.4, -0.2) is 21.9 Å². The number of aromatic nitrogens is 2. The zero-order chi connectivity index (χ0) is 23.8. The van der Waals surface area contributed by atoms with E-state index in [0.29, 0.717) is 22.3 Å². The number of H-pyrrole nitrogens is 1.